The lowest BCUT2D eigenvalue weighted by Crippen LogP contribution is -2.68. The molecule has 0 radical (unpaired) electrons. The van der Waals surface area contributed by atoms with E-state index in [9.17, 15) is 0 Å². The molecule has 244 valence electrons. The average Bonchev–Trinajstić information content (AvgIpc) is 3.15. The van der Waals surface area contributed by atoms with Crippen LogP contribution in [-0.4, -0.2) is 41.9 Å². The van der Waals surface area contributed by atoms with Crippen LogP contribution >= 0.6 is 0 Å². The summed E-state index contributed by atoms with van der Waals surface area (Å²) in [6.07, 6.45) is 5.09. The van der Waals surface area contributed by atoms with Crippen molar-refractivity contribution in [3.8, 4) is 12.3 Å². The molecule has 1 heterocycles. The summed E-state index contributed by atoms with van der Waals surface area (Å²) < 4.78 is 27.1. The van der Waals surface area contributed by atoms with Crippen LogP contribution in [0.25, 0.3) is 0 Å². The molecular formula is C43H43NO4. The fourth-order valence-corrected chi connectivity index (χ4v) is 6.31. The van der Waals surface area contributed by atoms with Gasteiger partial charge in [0.25, 0.3) is 0 Å². The predicted molar refractivity (Wildman–Crippen MR) is 190 cm³/mol. The van der Waals surface area contributed by atoms with Crippen molar-refractivity contribution in [3.05, 3.63) is 179 Å². The van der Waals surface area contributed by atoms with Gasteiger partial charge in [0.2, 0.25) is 0 Å². The van der Waals surface area contributed by atoms with Crippen molar-refractivity contribution in [1.82, 2.24) is 4.90 Å². The molecule has 1 saturated heterocycles. The van der Waals surface area contributed by atoms with Crippen molar-refractivity contribution in [1.29, 1.82) is 0 Å². The second kappa shape index (κ2) is 17.6. The maximum Gasteiger partial charge on any atom is 0.114 e. The zero-order valence-electron chi connectivity index (χ0n) is 27.2. The van der Waals surface area contributed by atoms with E-state index >= 15 is 0 Å². The molecule has 0 saturated carbocycles. The van der Waals surface area contributed by atoms with E-state index in [-0.39, 0.29) is 6.04 Å². The number of piperidine rings is 1. The Morgan fingerprint density at radius 2 is 0.833 bits per heavy atom. The molecule has 1 fully saturated rings. The van der Waals surface area contributed by atoms with Gasteiger partial charge in [-0.05, 0) is 27.8 Å². The number of hydrogen-bond acceptors (Lipinski definition) is 5. The molecule has 5 nitrogen and oxygen atoms in total. The molecule has 0 amide bonds. The first-order chi connectivity index (χ1) is 23.8. The van der Waals surface area contributed by atoms with Crippen LogP contribution in [0.2, 0.25) is 0 Å². The Bertz CT molecular complexity index is 1660. The van der Waals surface area contributed by atoms with Crippen molar-refractivity contribution in [3.63, 3.8) is 0 Å². The van der Waals surface area contributed by atoms with Crippen LogP contribution in [0, 0.1) is 12.3 Å². The molecule has 5 aromatic rings. The average molecular weight is 638 g/mol. The third-order valence-corrected chi connectivity index (χ3v) is 8.76. The topological polar surface area (TPSA) is 40.2 Å². The van der Waals surface area contributed by atoms with Crippen molar-refractivity contribution >= 4 is 0 Å². The molecule has 0 spiro atoms. The van der Waals surface area contributed by atoms with Crippen LogP contribution in [0.5, 0.6) is 0 Å². The van der Waals surface area contributed by atoms with Crippen molar-refractivity contribution in [2.45, 2.75) is 63.4 Å². The summed E-state index contributed by atoms with van der Waals surface area (Å²) in [5.74, 6) is 3.13. The summed E-state index contributed by atoms with van der Waals surface area (Å²) in [6, 6.07) is 50.7. The number of terminal acetylenes is 1. The van der Waals surface area contributed by atoms with E-state index in [1.165, 1.54) is 0 Å². The highest BCUT2D eigenvalue weighted by Gasteiger charge is 2.51. The van der Waals surface area contributed by atoms with Crippen molar-refractivity contribution < 1.29 is 18.9 Å². The SMILES string of the molecule is C#C[C@H]1[C@H](OCc2ccccc2)[C@@H](OCc2ccccc2)[C@H](OCc2ccccc2)[C@H](COCc2ccccc2)N1Cc1ccccc1. The number of rotatable bonds is 15. The fraction of sp³-hybridized carbons (Fsp3) is 0.256. The first-order valence-electron chi connectivity index (χ1n) is 16.6. The molecule has 5 atom stereocenters. The lowest BCUT2D eigenvalue weighted by Gasteiger charge is -2.51. The zero-order chi connectivity index (χ0) is 32.8. The molecule has 5 heteroatoms. The molecule has 0 unspecified atom stereocenters. The quantitative estimate of drug-likeness (QED) is 0.109. The highest BCUT2D eigenvalue weighted by Crippen LogP contribution is 2.34. The number of likely N-dealkylation sites (tertiary alicyclic amines) is 1. The molecular weight excluding hydrogens is 594 g/mol. The van der Waals surface area contributed by atoms with E-state index < -0.39 is 24.4 Å². The highest BCUT2D eigenvalue weighted by atomic mass is 16.6. The third kappa shape index (κ3) is 9.08. The van der Waals surface area contributed by atoms with Gasteiger partial charge in [-0.3, -0.25) is 4.90 Å². The second-order valence-electron chi connectivity index (χ2n) is 12.1. The summed E-state index contributed by atoms with van der Waals surface area (Å²) in [6.45, 7) is 2.69. The minimum absolute atomic E-state index is 0.226. The highest BCUT2D eigenvalue weighted by molar-refractivity contribution is 5.22. The van der Waals surface area contributed by atoms with Crippen molar-refractivity contribution in [2.24, 2.45) is 0 Å². The Hall–Kier alpha value is -4.54. The van der Waals surface area contributed by atoms with Crippen LogP contribution in [0.4, 0.5) is 0 Å². The Kier molecular flexibility index (Phi) is 12.2. The van der Waals surface area contributed by atoms with E-state index in [0.717, 1.165) is 27.8 Å². The van der Waals surface area contributed by atoms with Gasteiger partial charge in [-0.2, -0.15) is 0 Å². The van der Waals surface area contributed by atoms with Gasteiger partial charge in [-0.25, -0.2) is 0 Å². The minimum Gasteiger partial charge on any atom is -0.375 e. The standard InChI is InChI=1S/C43H43NO4/c1-2-39-41(46-30-36-22-12-5-13-23-36)43(48-32-38-26-16-7-17-27-38)42(47-31-37-24-14-6-15-25-37)40(33-45-29-35-20-10-4-11-21-35)44(39)28-34-18-8-3-9-19-34/h1,3-27,39-43H,28-33H2/t39-,40-,41-,42+,43+/m0/s1. The molecule has 0 aromatic heterocycles. The van der Waals surface area contributed by atoms with Gasteiger partial charge in [0.1, 0.15) is 24.4 Å². The lowest BCUT2D eigenvalue weighted by molar-refractivity contribution is -0.223. The molecule has 5 aromatic carbocycles. The molecule has 0 N–H and O–H groups in total. The van der Waals surface area contributed by atoms with E-state index in [1.807, 2.05) is 78.9 Å². The Morgan fingerprint density at radius 3 is 1.27 bits per heavy atom. The second-order valence-corrected chi connectivity index (χ2v) is 12.1. The number of hydrogen-bond donors (Lipinski definition) is 0. The molecule has 48 heavy (non-hydrogen) atoms. The van der Waals surface area contributed by atoms with E-state index in [1.54, 1.807) is 0 Å². The van der Waals surface area contributed by atoms with Crippen LogP contribution in [-0.2, 0) is 51.9 Å². The zero-order valence-corrected chi connectivity index (χ0v) is 27.2. The van der Waals surface area contributed by atoms with E-state index in [2.05, 4.69) is 83.6 Å². The predicted octanol–water partition coefficient (Wildman–Crippen LogP) is 7.85. The van der Waals surface area contributed by atoms with Gasteiger partial charge in [-0.1, -0.05) is 158 Å². The van der Waals surface area contributed by atoms with Gasteiger partial charge < -0.3 is 18.9 Å². The first-order valence-corrected chi connectivity index (χ1v) is 16.6. The van der Waals surface area contributed by atoms with Crippen LogP contribution in [0.1, 0.15) is 27.8 Å². The van der Waals surface area contributed by atoms with Gasteiger partial charge >= 0.3 is 0 Å². The Morgan fingerprint density at radius 1 is 0.458 bits per heavy atom. The molecule has 1 aliphatic heterocycles. The van der Waals surface area contributed by atoms with Gasteiger partial charge in [-0.15, -0.1) is 6.42 Å². The Labute approximate surface area is 285 Å². The number of nitrogens with zero attached hydrogens (tertiary/aromatic N) is 1. The summed E-state index contributed by atoms with van der Waals surface area (Å²) in [7, 11) is 0. The fourth-order valence-electron chi connectivity index (χ4n) is 6.31. The van der Waals surface area contributed by atoms with Gasteiger partial charge in [0.15, 0.2) is 0 Å². The van der Waals surface area contributed by atoms with Gasteiger partial charge in [0, 0.05) is 6.54 Å². The maximum absolute atomic E-state index is 6.93. The summed E-state index contributed by atoms with van der Waals surface area (Å²) >= 11 is 0. The number of ether oxygens (including phenoxy) is 4. The third-order valence-electron chi connectivity index (χ3n) is 8.76. The Balaban J connectivity index is 1.37. The molecule has 1 aliphatic rings. The normalized spacial score (nSPS) is 21.0. The van der Waals surface area contributed by atoms with Crippen LogP contribution < -0.4 is 0 Å². The van der Waals surface area contributed by atoms with E-state index in [4.69, 9.17) is 25.4 Å². The lowest BCUT2D eigenvalue weighted by atomic mass is 9.87. The summed E-state index contributed by atoms with van der Waals surface area (Å²) in [5, 5.41) is 0. The minimum atomic E-state index is -0.478. The van der Waals surface area contributed by atoms with Gasteiger partial charge in [0.05, 0.1) is 39.1 Å². The molecule has 0 bridgehead atoms. The summed E-state index contributed by atoms with van der Waals surface area (Å²) in [5.41, 5.74) is 5.48. The smallest absolute Gasteiger partial charge is 0.114 e. The monoisotopic (exact) mass is 637 g/mol. The number of benzene rings is 5. The molecule has 6 rings (SSSR count). The largest absolute Gasteiger partial charge is 0.375 e. The maximum atomic E-state index is 6.93. The van der Waals surface area contributed by atoms with E-state index in [0.29, 0.717) is 39.6 Å². The molecule has 0 aliphatic carbocycles. The summed E-state index contributed by atoms with van der Waals surface area (Å²) in [4.78, 5) is 2.33. The van der Waals surface area contributed by atoms with Crippen LogP contribution in [0.15, 0.2) is 152 Å². The van der Waals surface area contributed by atoms with Crippen LogP contribution in [0.3, 0.4) is 0 Å². The first kappa shape index (κ1) is 33.4. The van der Waals surface area contributed by atoms with Crippen molar-refractivity contribution in [2.75, 3.05) is 6.61 Å².